The Kier molecular flexibility index (Phi) is 6.01. The van der Waals surface area contributed by atoms with E-state index in [1.807, 2.05) is 30.3 Å². The number of hydrogen-bond donors (Lipinski definition) is 3. The Hall–Kier alpha value is -3.88. The monoisotopic (exact) mass is 414 g/mol. The van der Waals surface area contributed by atoms with E-state index in [0.29, 0.717) is 11.3 Å². The first-order valence-electron chi connectivity index (χ1n) is 8.71. The maximum absolute atomic E-state index is 12.7. The lowest BCUT2D eigenvalue weighted by atomic mass is 10.1. The van der Waals surface area contributed by atoms with Crippen molar-refractivity contribution >= 4 is 29.2 Å². The minimum atomic E-state index is -4.46. The second kappa shape index (κ2) is 8.64. The number of benzene rings is 2. The summed E-state index contributed by atoms with van der Waals surface area (Å²) in [6.45, 7) is 0. The van der Waals surface area contributed by atoms with Gasteiger partial charge in [0.2, 0.25) is 0 Å². The molecule has 2 aromatic carbocycles. The topological polar surface area (TPSA) is 87.1 Å². The summed E-state index contributed by atoms with van der Waals surface area (Å²) in [5.41, 5.74) is 0.757. The number of carbonyl (C=O) groups excluding carboxylic acids is 1. The number of aromatic nitrogens is 1. The lowest BCUT2D eigenvalue weighted by Crippen LogP contribution is -2.17. The maximum atomic E-state index is 12.7. The van der Waals surface area contributed by atoms with Gasteiger partial charge >= 0.3 is 6.18 Å². The van der Waals surface area contributed by atoms with Crippen LogP contribution in [0.1, 0.15) is 21.6 Å². The summed E-state index contributed by atoms with van der Waals surface area (Å²) >= 11 is 0. The van der Waals surface area contributed by atoms with Crippen LogP contribution in [-0.2, 0) is 6.18 Å². The van der Waals surface area contributed by atoms with Crippen molar-refractivity contribution in [1.82, 2.24) is 4.98 Å². The molecule has 1 heterocycles. The average molecular weight is 414 g/mol. The quantitative estimate of drug-likeness (QED) is 0.490. The highest BCUT2D eigenvalue weighted by atomic mass is 19.4. The summed E-state index contributed by atoms with van der Waals surface area (Å²) in [6, 6.07) is 13.2. The van der Waals surface area contributed by atoms with Crippen LogP contribution in [0.2, 0.25) is 0 Å². The number of ether oxygens (including phenoxy) is 1. The predicted molar refractivity (Wildman–Crippen MR) is 108 cm³/mol. The van der Waals surface area contributed by atoms with Crippen LogP contribution in [0.5, 0.6) is 5.75 Å². The van der Waals surface area contributed by atoms with Crippen LogP contribution >= 0.6 is 0 Å². The molecule has 3 aromatic rings. The number of hydrogen-bond acceptors (Lipinski definition) is 5. The van der Waals surface area contributed by atoms with E-state index >= 15 is 0 Å². The normalized spacial score (nSPS) is 10.9. The number of pyridine rings is 1. The van der Waals surface area contributed by atoms with Crippen molar-refractivity contribution in [3.8, 4) is 5.75 Å². The molecular weight excluding hydrogens is 397 g/mol. The van der Waals surface area contributed by atoms with E-state index in [9.17, 15) is 18.0 Å². The fourth-order valence-electron chi connectivity index (χ4n) is 2.73. The smallest absolute Gasteiger partial charge is 0.416 e. The van der Waals surface area contributed by atoms with E-state index < -0.39 is 17.6 Å². The molecule has 0 fully saturated rings. The second-order valence-corrected chi connectivity index (χ2v) is 6.13. The summed E-state index contributed by atoms with van der Waals surface area (Å²) in [6.07, 6.45) is -2.05. The first-order valence-corrected chi connectivity index (χ1v) is 8.71. The van der Waals surface area contributed by atoms with E-state index in [1.165, 1.54) is 13.3 Å². The summed E-state index contributed by atoms with van der Waals surface area (Å²) in [5, 5.41) is 13.3. The Morgan fingerprint density at radius 1 is 1.07 bits per heavy atom. The van der Waals surface area contributed by atoms with Gasteiger partial charge in [-0.1, -0.05) is 18.2 Å². The summed E-state index contributed by atoms with van der Waals surface area (Å²) in [4.78, 5) is 16.8. The fraction of sp³-hybridized carbons (Fsp3) is 0.0952. The number of nitrogens with one attached hydrogen (secondary N) is 3. The molecule has 0 spiro atoms. The predicted octanol–water partition coefficient (Wildman–Crippen LogP) is 5.10. The third-order valence-electron chi connectivity index (χ3n) is 4.16. The molecule has 3 rings (SSSR count). The van der Waals surface area contributed by atoms with Crippen LogP contribution in [0.15, 0.2) is 60.8 Å². The molecule has 0 aliphatic rings. The van der Waals surface area contributed by atoms with Gasteiger partial charge in [-0.3, -0.25) is 4.79 Å². The fourth-order valence-corrected chi connectivity index (χ4v) is 2.73. The highest BCUT2D eigenvalue weighted by Gasteiger charge is 2.30. The van der Waals surface area contributed by atoms with E-state index in [4.69, 9.17) is 10.1 Å². The number of rotatable bonds is 6. The molecule has 0 saturated carbocycles. The molecule has 0 radical (unpaired) electrons. The molecule has 0 saturated heterocycles. The van der Waals surface area contributed by atoms with E-state index in [2.05, 4.69) is 15.6 Å². The number of halogens is 3. The van der Waals surface area contributed by atoms with Crippen LogP contribution in [0.3, 0.4) is 0 Å². The van der Waals surface area contributed by atoms with Crippen molar-refractivity contribution in [2.45, 2.75) is 6.18 Å². The van der Waals surface area contributed by atoms with Gasteiger partial charge in [0, 0.05) is 17.6 Å². The zero-order valence-electron chi connectivity index (χ0n) is 15.7. The lowest BCUT2D eigenvalue weighted by molar-refractivity contribution is -0.137. The number of para-hydroxylation sites is 1. The standard InChI is InChI=1S/C21H17F3N4O2/c1-30-19-16(11-25)17(27-14-5-3-2-4-6-14)12-26-18(19)20(29)28-15-9-7-13(8-10-15)21(22,23)24/h2-12,25,27H,1H3,(H,28,29). The number of anilines is 3. The number of carbonyl (C=O) groups is 1. The Morgan fingerprint density at radius 3 is 2.30 bits per heavy atom. The highest BCUT2D eigenvalue weighted by molar-refractivity contribution is 6.07. The highest BCUT2D eigenvalue weighted by Crippen LogP contribution is 2.31. The SMILES string of the molecule is COc1c(C(=O)Nc2ccc(C(F)(F)F)cc2)ncc(Nc2ccccc2)c1C=N. The summed E-state index contributed by atoms with van der Waals surface area (Å²) in [7, 11) is 1.34. The third kappa shape index (κ3) is 4.57. The van der Waals surface area contributed by atoms with Crippen molar-refractivity contribution in [1.29, 1.82) is 5.41 Å². The van der Waals surface area contributed by atoms with Gasteiger partial charge in [0.15, 0.2) is 11.4 Å². The van der Waals surface area contributed by atoms with Gasteiger partial charge < -0.3 is 20.8 Å². The minimum Gasteiger partial charge on any atom is -0.493 e. The summed E-state index contributed by atoms with van der Waals surface area (Å²) < 4.78 is 43.4. The van der Waals surface area contributed by atoms with Gasteiger partial charge in [-0.05, 0) is 36.4 Å². The molecule has 0 aliphatic carbocycles. The molecule has 6 nitrogen and oxygen atoms in total. The molecule has 3 N–H and O–H groups in total. The van der Waals surface area contributed by atoms with Gasteiger partial charge in [0.1, 0.15) is 0 Å². The van der Waals surface area contributed by atoms with Gasteiger partial charge in [-0.15, -0.1) is 0 Å². The van der Waals surface area contributed by atoms with Crippen LogP contribution < -0.4 is 15.4 Å². The molecule has 1 aromatic heterocycles. The molecule has 0 unspecified atom stereocenters. The molecule has 154 valence electrons. The molecule has 0 bridgehead atoms. The van der Waals surface area contributed by atoms with E-state index in [1.54, 1.807) is 0 Å². The first kappa shape index (κ1) is 20.8. The van der Waals surface area contributed by atoms with E-state index in [0.717, 1.165) is 36.2 Å². The molecular formula is C21H17F3N4O2. The zero-order valence-corrected chi connectivity index (χ0v) is 15.7. The number of alkyl halides is 3. The minimum absolute atomic E-state index is 0.0651. The Balaban J connectivity index is 1.88. The van der Waals surface area contributed by atoms with Crippen LogP contribution in [-0.4, -0.2) is 24.2 Å². The Labute approximate surface area is 170 Å². The van der Waals surface area contributed by atoms with Gasteiger partial charge in [0.05, 0.1) is 30.1 Å². The lowest BCUT2D eigenvalue weighted by Gasteiger charge is -2.15. The van der Waals surface area contributed by atoms with Crippen LogP contribution in [0, 0.1) is 5.41 Å². The van der Waals surface area contributed by atoms with Crippen LogP contribution in [0.4, 0.5) is 30.2 Å². The summed E-state index contributed by atoms with van der Waals surface area (Å²) in [5.74, 6) is -0.615. The second-order valence-electron chi connectivity index (χ2n) is 6.13. The van der Waals surface area contributed by atoms with Crippen molar-refractivity contribution < 1.29 is 22.7 Å². The van der Waals surface area contributed by atoms with Crippen molar-refractivity contribution in [2.24, 2.45) is 0 Å². The molecule has 0 aliphatic heterocycles. The molecule has 9 heteroatoms. The molecule has 1 amide bonds. The van der Waals surface area contributed by atoms with Gasteiger partial charge in [-0.2, -0.15) is 13.2 Å². The number of methoxy groups -OCH3 is 1. The van der Waals surface area contributed by atoms with Crippen molar-refractivity contribution in [3.05, 3.63) is 77.6 Å². The average Bonchev–Trinajstić information content (AvgIpc) is 2.73. The Bertz CT molecular complexity index is 1050. The van der Waals surface area contributed by atoms with Crippen LogP contribution in [0.25, 0.3) is 0 Å². The number of nitrogens with zero attached hydrogens (tertiary/aromatic N) is 1. The van der Waals surface area contributed by atoms with Gasteiger partial charge in [0.25, 0.3) is 5.91 Å². The maximum Gasteiger partial charge on any atom is 0.416 e. The molecule has 30 heavy (non-hydrogen) atoms. The third-order valence-corrected chi connectivity index (χ3v) is 4.16. The van der Waals surface area contributed by atoms with Crippen molar-refractivity contribution in [3.63, 3.8) is 0 Å². The van der Waals surface area contributed by atoms with E-state index in [-0.39, 0.29) is 17.1 Å². The van der Waals surface area contributed by atoms with Gasteiger partial charge in [-0.25, -0.2) is 4.98 Å². The van der Waals surface area contributed by atoms with Crippen molar-refractivity contribution in [2.75, 3.05) is 17.7 Å². The zero-order chi connectivity index (χ0) is 21.7. The largest absolute Gasteiger partial charge is 0.493 e. The Morgan fingerprint density at radius 2 is 1.73 bits per heavy atom. The molecule has 0 atom stereocenters. The number of amides is 1. The first-order chi connectivity index (χ1) is 14.3.